The number of alkyl halides is 1. The molecule has 0 aliphatic heterocycles. The molecule has 0 heterocycles. The number of hydrogen-bond donors (Lipinski definition) is 0. The van der Waals surface area contributed by atoms with Crippen LogP contribution in [0.15, 0.2) is 36.4 Å². The summed E-state index contributed by atoms with van der Waals surface area (Å²) in [6.07, 6.45) is 2.38. The molecule has 2 atom stereocenters. The Morgan fingerprint density at radius 2 is 1.79 bits per heavy atom. The van der Waals surface area contributed by atoms with Crippen LogP contribution < -0.4 is 4.74 Å². The zero-order valence-corrected chi connectivity index (χ0v) is 13.4. The van der Waals surface area contributed by atoms with Gasteiger partial charge in [0, 0.05) is 10.2 Å². The van der Waals surface area contributed by atoms with E-state index in [9.17, 15) is 0 Å². The molecular weight excluding hydrogens is 300 g/mol. The normalized spacial score (nSPS) is 14.3. The Labute approximate surface area is 124 Å². The highest BCUT2D eigenvalue weighted by Gasteiger charge is 2.15. The minimum absolute atomic E-state index is 0.401. The predicted octanol–water partition coefficient (Wildman–Crippen LogP) is 5.72. The first kappa shape index (κ1) is 14.4. The lowest BCUT2D eigenvalue weighted by Crippen LogP contribution is -2.00. The second-order valence-electron chi connectivity index (χ2n) is 5.12. The second-order valence-corrected chi connectivity index (χ2v) is 6.22. The lowest BCUT2D eigenvalue weighted by molar-refractivity contribution is 0.419. The van der Waals surface area contributed by atoms with Gasteiger partial charge in [0.2, 0.25) is 0 Å². The molecule has 0 saturated carbocycles. The minimum atomic E-state index is 0.401. The van der Waals surface area contributed by atoms with E-state index in [0.717, 1.165) is 18.1 Å². The van der Waals surface area contributed by atoms with Crippen molar-refractivity contribution in [2.24, 2.45) is 5.92 Å². The highest BCUT2D eigenvalue weighted by atomic mass is 79.9. The monoisotopic (exact) mass is 320 g/mol. The van der Waals surface area contributed by atoms with Gasteiger partial charge in [-0.15, -0.1) is 0 Å². The molecule has 0 aromatic heterocycles. The fourth-order valence-electron chi connectivity index (χ4n) is 2.39. The van der Waals surface area contributed by atoms with Crippen LogP contribution in [0.3, 0.4) is 0 Å². The first-order valence-corrected chi connectivity index (χ1v) is 7.78. The maximum Gasteiger partial charge on any atom is 0.126 e. The first-order valence-electron chi connectivity index (χ1n) is 6.87. The number of fused-ring (bicyclic) bond motifs is 1. The number of ether oxygens (including phenoxy) is 1. The maximum atomic E-state index is 5.45. The molecule has 2 unspecified atom stereocenters. The Kier molecular flexibility index (Phi) is 4.87. The van der Waals surface area contributed by atoms with Gasteiger partial charge in [0.15, 0.2) is 0 Å². The summed E-state index contributed by atoms with van der Waals surface area (Å²) in [4.78, 5) is 0.401. The van der Waals surface area contributed by atoms with Gasteiger partial charge in [0.05, 0.1) is 7.11 Å². The van der Waals surface area contributed by atoms with Gasteiger partial charge in [-0.2, -0.15) is 0 Å². The molecule has 0 fully saturated rings. The molecule has 0 aliphatic rings. The Morgan fingerprint density at radius 1 is 1.11 bits per heavy atom. The van der Waals surface area contributed by atoms with Crippen LogP contribution >= 0.6 is 15.9 Å². The van der Waals surface area contributed by atoms with E-state index in [1.54, 1.807) is 7.11 Å². The zero-order chi connectivity index (χ0) is 13.8. The van der Waals surface area contributed by atoms with Gasteiger partial charge in [-0.3, -0.25) is 0 Å². The molecule has 19 heavy (non-hydrogen) atoms. The Balaban J connectivity index is 2.44. The van der Waals surface area contributed by atoms with E-state index in [1.165, 1.54) is 22.8 Å². The van der Waals surface area contributed by atoms with Gasteiger partial charge in [-0.25, -0.2) is 0 Å². The topological polar surface area (TPSA) is 9.23 Å². The molecule has 0 saturated heterocycles. The summed E-state index contributed by atoms with van der Waals surface area (Å²) in [5.41, 5.74) is 1.36. The van der Waals surface area contributed by atoms with E-state index in [2.05, 4.69) is 66.2 Å². The van der Waals surface area contributed by atoms with Crippen LogP contribution in [0.25, 0.3) is 10.8 Å². The highest BCUT2D eigenvalue weighted by molar-refractivity contribution is 9.09. The zero-order valence-electron chi connectivity index (χ0n) is 11.8. The van der Waals surface area contributed by atoms with Gasteiger partial charge in [0.1, 0.15) is 5.75 Å². The van der Waals surface area contributed by atoms with E-state index in [-0.39, 0.29) is 0 Å². The van der Waals surface area contributed by atoms with Gasteiger partial charge in [0.25, 0.3) is 0 Å². The van der Waals surface area contributed by atoms with Crippen LogP contribution in [-0.2, 0) is 0 Å². The van der Waals surface area contributed by atoms with E-state index in [1.807, 2.05) is 0 Å². The van der Waals surface area contributed by atoms with E-state index < -0.39 is 0 Å². The molecule has 0 bridgehead atoms. The SMILES string of the molecule is CCC(C)CC(Br)c1ccc(OC)c2ccccc12. The van der Waals surface area contributed by atoms with Crippen LogP contribution in [-0.4, -0.2) is 7.11 Å². The molecule has 1 nitrogen and oxygen atoms in total. The third-order valence-corrected chi connectivity index (χ3v) is 4.65. The van der Waals surface area contributed by atoms with E-state index >= 15 is 0 Å². The van der Waals surface area contributed by atoms with E-state index in [0.29, 0.717) is 4.83 Å². The van der Waals surface area contributed by atoms with Crippen LogP contribution in [0.1, 0.15) is 37.1 Å². The molecule has 102 valence electrons. The summed E-state index contributed by atoms with van der Waals surface area (Å²) in [7, 11) is 1.73. The van der Waals surface area contributed by atoms with Crippen LogP contribution in [0.5, 0.6) is 5.75 Å². The Morgan fingerprint density at radius 3 is 2.42 bits per heavy atom. The quantitative estimate of drug-likeness (QED) is 0.640. The van der Waals surface area contributed by atoms with Crippen molar-refractivity contribution in [1.29, 1.82) is 0 Å². The molecule has 2 aromatic rings. The third kappa shape index (κ3) is 3.11. The van der Waals surface area contributed by atoms with Crippen LogP contribution in [0.2, 0.25) is 0 Å². The Bertz CT molecular complexity index is 550. The number of halogens is 1. The summed E-state index contributed by atoms with van der Waals surface area (Å²) in [6, 6.07) is 12.7. The minimum Gasteiger partial charge on any atom is -0.496 e. The van der Waals surface area contributed by atoms with Crippen molar-refractivity contribution in [2.75, 3.05) is 7.11 Å². The summed E-state index contributed by atoms with van der Waals surface area (Å²) >= 11 is 3.85. The maximum absolute atomic E-state index is 5.45. The lowest BCUT2D eigenvalue weighted by Gasteiger charge is -2.18. The van der Waals surface area contributed by atoms with Gasteiger partial charge >= 0.3 is 0 Å². The molecule has 0 spiro atoms. The molecule has 2 heteroatoms. The molecule has 0 amide bonds. The van der Waals surface area contributed by atoms with Gasteiger partial charge < -0.3 is 4.74 Å². The van der Waals surface area contributed by atoms with Crippen molar-refractivity contribution in [1.82, 2.24) is 0 Å². The fraction of sp³-hybridized carbons (Fsp3) is 0.412. The van der Waals surface area contributed by atoms with Crippen LogP contribution in [0.4, 0.5) is 0 Å². The third-order valence-electron chi connectivity index (χ3n) is 3.78. The van der Waals surface area contributed by atoms with Crippen molar-refractivity contribution >= 4 is 26.7 Å². The highest BCUT2D eigenvalue weighted by Crippen LogP contribution is 2.38. The van der Waals surface area contributed by atoms with Crippen molar-refractivity contribution in [3.05, 3.63) is 42.0 Å². The average molecular weight is 321 g/mol. The molecular formula is C17H21BrO. The largest absolute Gasteiger partial charge is 0.496 e. The van der Waals surface area contributed by atoms with Gasteiger partial charge in [-0.1, -0.05) is 66.5 Å². The van der Waals surface area contributed by atoms with Crippen molar-refractivity contribution in [3.63, 3.8) is 0 Å². The molecule has 0 aliphatic carbocycles. The van der Waals surface area contributed by atoms with Crippen LogP contribution in [0, 0.1) is 5.92 Å². The summed E-state index contributed by atoms with van der Waals surface area (Å²) < 4.78 is 5.45. The molecule has 0 radical (unpaired) electrons. The number of hydrogen-bond acceptors (Lipinski definition) is 1. The van der Waals surface area contributed by atoms with Crippen molar-refractivity contribution in [2.45, 2.75) is 31.5 Å². The molecule has 2 aromatic carbocycles. The molecule has 0 N–H and O–H groups in total. The fourth-order valence-corrected chi connectivity index (χ4v) is 3.43. The average Bonchev–Trinajstić information content (AvgIpc) is 2.45. The van der Waals surface area contributed by atoms with Crippen molar-refractivity contribution < 1.29 is 4.74 Å². The lowest BCUT2D eigenvalue weighted by atomic mass is 9.95. The summed E-state index contributed by atoms with van der Waals surface area (Å²) in [6.45, 7) is 4.55. The number of rotatable bonds is 5. The summed E-state index contributed by atoms with van der Waals surface area (Å²) in [5, 5.41) is 2.48. The summed E-state index contributed by atoms with van der Waals surface area (Å²) in [5.74, 6) is 1.67. The predicted molar refractivity (Wildman–Crippen MR) is 86.2 cm³/mol. The smallest absolute Gasteiger partial charge is 0.126 e. The first-order chi connectivity index (χ1) is 9.17. The van der Waals surface area contributed by atoms with Gasteiger partial charge in [-0.05, 0) is 29.4 Å². The molecule has 2 rings (SSSR count). The standard InChI is InChI=1S/C17H21BrO/c1-4-12(2)11-16(18)14-9-10-17(19-3)15-8-6-5-7-13(14)15/h5-10,12,16H,4,11H2,1-3H3. The second kappa shape index (κ2) is 6.42. The number of methoxy groups -OCH3 is 1. The van der Waals surface area contributed by atoms with Crippen molar-refractivity contribution in [3.8, 4) is 5.75 Å². The Hall–Kier alpha value is -1.02. The number of benzene rings is 2. The van der Waals surface area contributed by atoms with E-state index in [4.69, 9.17) is 4.74 Å².